The second kappa shape index (κ2) is 6.84. The second-order valence-electron chi connectivity index (χ2n) is 5.45. The molecular weight excluding hydrogens is 328 g/mol. The van der Waals surface area contributed by atoms with Crippen LogP contribution in [0, 0.1) is 5.92 Å². The maximum absolute atomic E-state index is 12.2. The molecule has 0 unspecified atom stereocenters. The van der Waals surface area contributed by atoms with Crippen LogP contribution in [0.1, 0.15) is 32.2 Å². The summed E-state index contributed by atoms with van der Waals surface area (Å²) in [6, 6.07) is 10.1. The van der Waals surface area contributed by atoms with Gasteiger partial charge < -0.3 is 15.4 Å². The van der Waals surface area contributed by atoms with Gasteiger partial charge in [0, 0.05) is 17.3 Å². The van der Waals surface area contributed by atoms with Gasteiger partial charge in [-0.2, -0.15) is 0 Å². The monoisotopic (exact) mass is 344 g/mol. The molecule has 124 valence electrons. The fourth-order valence-corrected chi connectivity index (χ4v) is 2.91. The number of anilines is 2. The highest BCUT2D eigenvalue weighted by Gasteiger charge is 2.29. The molecule has 1 heterocycles. The molecule has 1 aliphatic rings. The summed E-state index contributed by atoms with van der Waals surface area (Å²) in [7, 11) is 1.30. The van der Waals surface area contributed by atoms with Gasteiger partial charge in [0.2, 0.25) is 5.91 Å². The van der Waals surface area contributed by atoms with Crippen molar-refractivity contribution >= 4 is 40.5 Å². The first-order valence-electron chi connectivity index (χ1n) is 7.47. The average Bonchev–Trinajstić information content (AvgIpc) is 3.32. The number of benzene rings is 1. The van der Waals surface area contributed by atoms with Crippen LogP contribution < -0.4 is 10.6 Å². The van der Waals surface area contributed by atoms with Gasteiger partial charge in [-0.3, -0.25) is 9.59 Å². The molecule has 7 heteroatoms. The summed E-state index contributed by atoms with van der Waals surface area (Å²) in [6.45, 7) is 0. The van der Waals surface area contributed by atoms with E-state index in [0.29, 0.717) is 21.1 Å². The van der Waals surface area contributed by atoms with Crippen molar-refractivity contribution in [3.05, 3.63) is 46.2 Å². The Morgan fingerprint density at radius 2 is 1.54 bits per heavy atom. The average molecular weight is 344 g/mol. The van der Waals surface area contributed by atoms with Crippen LogP contribution >= 0.6 is 11.3 Å². The molecule has 1 aromatic heterocycles. The lowest BCUT2D eigenvalue weighted by Crippen LogP contribution is -2.13. The Labute approximate surface area is 142 Å². The molecule has 1 fully saturated rings. The van der Waals surface area contributed by atoms with Gasteiger partial charge in [0.15, 0.2) is 0 Å². The lowest BCUT2D eigenvalue weighted by atomic mass is 10.2. The molecule has 0 bridgehead atoms. The number of carbonyl (C=O) groups excluding carboxylic acids is 3. The first kappa shape index (κ1) is 16.2. The molecule has 1 aromatic carbocycles. The summed E-state index contributed by atoms with van der Waals surface area (Å²) in [4.78, 5) is 36.1. The predicted octanol–water partition coefficient (Wildman–Crippen LogP) is 3.14. The van der Waals surface area contributed by atoms with E-state index in [9.17, 15) is 14.4 Å². The molecule has 2 N–H and O–H groups in total. The van der Waals surface area contributed by atoms with Crippen LogP contribution in [0.5, 0.6) is 0 Å². The third-order valence-corrected chi connectivity index (χ3v) is 4.64. The van der Waals surface area contributed by atoms with E-state index in [1.54, 1.807) is 36.4 Å². The smallest absolute Gasteiger partial charge is 0.348 e. The Bertz CT molecular complexity index is 778. The zero-order valence-corrected chi connectivity index (χ0v) is 13.8. The summed E-state index contributed by atoms with van der Waals surface area (Å²) in [5.74, 6) is -0.576. The van der Waals surface area contributed by atoms with Crippen molar-refractivity contribution in [3.63, 3.8) is 0 Å². The Hall–Kier alpha value is -2.67. The maximum Gasteiger partial charge on any atom is 0.348 e. The van der Waals surface area contributed by atoms with Gasteiger partial charge in [-0.15, -0.1) is 11.3 Å². The summed E-state index contributed by atoms with van der Waals surface area (Å²) < 4.78 is 4.62. The van der Waals surface area contributed by atoms with E-state index in [1.165, 1.54) is 7.11 Å². The molecule has 0 radical (unpaired) electrons. The van der Waals surface area contributed by atoms with Crippen molar-refractivity contribution in [3.8, 4) is 0 Å². The molecule has 0 atom stereocenters. The minimum absolute atomic E-state index is 0.0423. The van der Waals surface area contributed by atoms with E-state index >= 15 is 0 Å². The van der Waals surface area contributed by atoms with Crippen LogP contribution in [0.4, 0.5) is 11.4 Å². The second-order valence-corrected chi connectivity index (χ2v) is 6.53. The third-order valence-electron chi connectivity index (χ3n) is 3.57. The van der Waals surface area contributed by atoms with E-state index in [2.05, 4.69) is 15.4 Å². The topological polar surface area (TPSA) is 84.5 Å². The van der Waals surface area contributed by atoms with E-state index in [0.717, 1.165) is 24.2 Å². The number of carbonyl (C=O) groups is 3. The standard InChI is InChI=1S/C17H16N2O4S/c1-23-17(22)14-9-8-13(24-14)16(21)19-12-6-4-11(5-7-12)18-15(20)10-2-3-10/h4-10H,2-3H2,1H3,(H,18,20)(H,19,21). The fourth-order valence-electron chi connectivity index (χ4n) is 2.09. The molecule has 0 aliphatic heterocycles. The number of nitrogens with one attached hydrogen (secondary N) is 2. The molecular formula is C17H16N2O4S. The molecule has 2 aromatic rings. The molecule has 24 heavy (non-hydrogen) atoms. The lowest BCUT2D eigenvalue weighted by Gasteiger charge is -2.07. The molecule has 1 saturated carbocycles. The number of rotatable bonds is 5. The van der Waals surface area contributed by atoms with Gasteiger partial charge in [0.05, 0.1) is 12.0 Å². The molecule has 0 saturated heterocycles. The van der Waals surface area contributed by atoms with E-state index < -0.39 is 5.97 Å². The van der Waals surface area contributed by atoms with Gasteiger partial charge in [-0.1, -0.05) is 0 Å². The number of esters is 1. The summed E-state index contributed by atoms with van der Waals surface area (Å²) in [6.07, 6.45) is 1.91. The van der Waals surface area contributed by atoms with Crippen LogP contribution in [-0.4, -0.2) is 24.9 Å². The van der Waals surface area contributed by atoms with Gasteiger partial charge in [0.1, 0.15) is 4.88 Å². The van der Waals surface area contributed by atoms with Crippen LogP contribution in [0.25, 0.3) is 0 Å². The highest BCUT2D eigenvalue weighted by Crippen LogP contribution is 2.30. The van der Waals surface area contributed by atoms with Crippen molar-refractivity contribution < 1.29 is 19.1 Å². The number of thiophene rings is 1. The Morgan fingerprint density at radius 3 is 2.12 bits per heavy atom. The number of hydrogen-bond donors (Lipinski definition) is 2. The minimum Gasteiger partial charge on any atom is -0.465 e. The van der Waals surface area contributed by atoms with Crippen LogP contribution in [0.3, 0.4) is 0 Å². The van der Waals surface area contributed by atoms with Crippen molar-refractivity contribution in [2.24, 2.45) is 5.92 Å². The zero-order valence-electron chi connectivity index (χ0n) is 13.0. The molecule has 2 amide bonds. The Morgan fingerprint density at radius 1 is 0.958 bits per heavy atom. The number of amides is 2. The zero-order chi connectivity index (χ0) is 17.1. The van der Waals surface area contributed by atoms with Gasteiger partial charge >= 0.3 is 5.97 Å². The van der Waals surface area contributed by atoms with Crippen LogP contribution in [0.2, 0.25) is 0 Å². The number of methoxy groups -OCH3 is 1. The lowest BCUT2D eigenvalue weighted by molar-refractivity contribution is -0.117. The predicted molar refractivity (Wildman–Crippen MR) is 91.4 cm³/mol. The van der Waals surface area contributed by atoms with Crippen molar-refractivity contribution in [1.29, 1.82) is 0 Å². The summed E-state index contributed by atoms with van der Waals surface area (Å²) >= 11 is 1.07. The van der Waals surface area contributed by atoms with Gasteiger partial charge in [0.25, 0.3) is 5.91 Å². The van der Waals surface area contributed by atoms with E-state index in [4.69, 9.17) is 0 Å². The van der Waals surface area contributed by atoms with E-state index in [-0.39, 0.29) is 17.7 Å². The first-order valence-corrected chi connectivity index (χ1v) is 8.29. The summed E-state index contributed by atoms with van der Waals surface area (Å²) in [5.41, 5.74) is 1.31. The molecule has 6 nitrogen and oxygen atoms in total. The number of hydrogen-bond acceptors (Lipinski definition) is 5. The molecule has 0 spiro atoms. The molecule has 1 aliphatic carbocycles. The minimum atomic E-state index is -0.463. The Kier molecular flexibility index (Phi) is 4.61. The maximum atomic E-state index is 12.2. The van der Waals surface area contributed by atoms with Crippen LogP contribution in [0.15, 0.2) is 36.4 Å². The quantitative estimate of drug-likeness (QED) is 0.816. The molecule has 3 rings (SSSR count). The SMILES string of the molecule is COC(=O)c1ccc(C(=O)Nc2ccc(NC(=O)C3CC3)cc2)s1. The third kappa shape index (κ3) is 3.80. The Balaban J connectivity index is 1.60. The van der Waals surface area contributed by atoms with Gasteiger partial charge in [-0.25, -0.2) is 4.79 Å². The number of ether oxygens (including phenoxy) is 1. The first-order chi connectivity index (χ1) is 11.6. The highest BCUT2D eigenvalue weighted by atomic mass is 32.1. The summed E-state index contributed by atoms with van der Waals surface area (Å²) in [5, 5.41) is 5.59. The van der Waals surface area contributed by atoms with Crippen molar-refractivity contribution in [1.82, 2.24) is 0 Å². The normalized spacial score (nSPS) is 13.2. The van der Waals surface area contributed by atoms with Crippen molar-refractivity contribution in [2.75, 3.05) is 17.7 Å². The highest BCUT2D eigenvalue weighted by molar-refractivity contribution is 7.16. The largest absolute Gasteiger partial charge is 0.465 e. The van der Waals surface area contributed by atoms with Crippen LogP contribution in [-0.2, 0) is 9.53 Å². The van der Waals surface area contributed by atoms with Crippen molar-refractivity contribution in [2.45, 2.75) is 12.8 Å². The van der Waals surface area contributed by atoms with Gasteiger partial charge in [-0.05, 0) is 49.2 Å². The fraction of sp³-hybridized carbons (Fsp3) is 0.235. The van der Waals surface area contributed by atoms with E-state index in [1.807, 2.05) is 0 Å².